The number of carbonyl (C=O) groups excluding carboxylic acids is 1. The van der Waals surface area contributed by atoms with Crippen LogP contribution in [-0.4, -0.2) is 34.8 Å². The summed E-state index contributed by atoms with van der Waals surface area (Å²) in [5, 5.41) is 12.7. The molecule has 1 atom stereocenters. The first-order chi connectivity index (χ1) is 12.1. The molecule has 0 saturated carbocycles. The number of nitrogens with one attached hydrogen (secondary N) is 2. The highest BCUT2D eigenvalue weighted by atomic mass is 35.5. The van der Waals surface area contributed by atoms with Crippen LogP contribution in [0.25, 0.3) is 15.9 Å². The van der Waals surface area contributed by atoms with Crippen LogP contribution >= 0.6 is 35.3 Å². The van der Waals surface area contributed by atoms with Crippen molar-refractivity contribution in [3.05, 3.63) is 45.9 Å². The molecule has 2 N–H and O–H groups in total. The van der Waals surface area contributed by atoms with Crippen molar-refractivity contribution in [1.82, 2.24) is 20.4 Å². The van der Waals surface area contributed by atoms with E-state index in [2.05, 4.69) is 15.7 Å². The van der Waals surface area contributed by atoms with Gasteiger partial charge in [-0.15, -0.1) is 23.7 Å². The molecule has 1 aliphatic heterocycles. The summed E-state index contributed by atoms with van der Waals surface area (Å²) in [5.41, 5.74) is 1.72. The van der Waals surface area contributed by atoms with Crippen LogP contribution in [0.2, 0.25) is 5.02 Å². The number of piperidine rings is 1. The second-order valence-electron chi connectivity index (χ2n) is 6.29. The van der Waals surface area contributed by atoms with Gasteiger partial charge in [0.25, 0.3) is 5.91 Å². The number of rotatable bonds is 3. The molecule has 1 amide bonds. The number of aryl methyl sites for hydroxylation is 1. The van der Waals surface area contributed by atoms with Crippen molar-refractivity contribution >= 4 is 51.5 Å². The summed E-state index contributed by atoms with van der Waals surface area (Å²) in [6, 6.07) is 9.74. The zero-order chi connectivity index (χ0) is 17.4. The van der Waals surface area contributed by atoms with Crippen molar-refractivity contribution in [2.24, 2.45) is 0 Å². The highest BCUT2D eigenvalue weighted by Gasteiger charge is 2.21. The molecule has 1 fully saturated rings. The Bertz CT molecular complexity index is 931. The molecule has 3 aromatic rings. The number of nitrogens with zero attached hydrogens (tertiary/aromatic N) is 2. The average Bonchev–Trinajstić information content (AvgIpc) is 3.17. The summed E-state index contributed by atoms with van der Waals surface area (Å²) in [6.45, 7) is 3.82. The quantitative estimate of drug-likeness (QED) is 0.686. The lowest BCUT2D eigenvalue weighted by atomic mass is 10.1. The van der Waals surface area contributed by atoms with Crippen LogP contribution in [0.3, 0.4) is 0 Å². The summed E-state index contributed by atoms with van der Waals surface area (Å²) in [6.07, 6.45) is 2.12. The first-order valence-corrected chi connectivity index (χ1v) is 9.58. The summed E-state index contributed by atoms with van der Waals surface area (Å²) >= 11 is 7.78. The van der Waals surface area contributed by atoms with Gasteiger partial charge in [0.1, 0.15) is 4.83 Å². The van der Waals surface area contributed by atoms with Crippen molar-refractivity contribution in [2.45, 2.75) is 25.8 Å². The number of hydrogen-bond acceptors (Lipinski definition) is 4. The van der Waals surface area contributed by atoms with E-state index >= 15 is 0 Å². The van der Waals surface area contributed by atoms with Crippen molar-refractivity contribution in [3.63, 3.8) is 0 Å². The minimum absolute atomic E-state index is 0. The van der Waals surface area contributed by atoms with Gasteiger partial charge in [-0.25, -0.2) is 4.68 Å². The van der Waals surface area contributed by atoms with Crippen molar-refractivity contribution in [2.75, 3.05) is 13.1 Å². The molecule has 1 aromatic carbocycles. The average molecular weight is 411 g/mol. The van der Waals surface area contributed by atoms with E-state index in [1.54, 1.807) is 0 Å². The Kier molecular flexibility index (Phi) is 5.87. The van der Waals surface area contributed by atoms with E-state index in [4.69, 9.17) is 11.6 Å². The standard InChI is InChI=1S/C18H19ClN4OS.ClH/c1-11-13-9-16(17(24)21-12-5-4-8-20-10-12)25-18(13)23(22-11)15-7-3-2-6-14(15)19;/h2-3,6-7,9,12,20H,4-5,8,10H2,1H3,(H,21,24);1H. The molecule has 0 spiro atoms. The van der Waals surface area contributed by atoms with E-state index in [9.17, 15) is 4.79 Å². The van der Waals surface area contributed by atoms with Gasteiger partial charge in [0.15, 0.2) is 0 Å². The summed E-state index contributed by atoms with van der Waals surface area (Å²) in [5.74, 6) is -0.0139. The number of aromatic nitrogens is 2. The fourth-order valence-electron chi connectivity index (χ4n) is 3.18. The van der Waals surface area contributed by atoms with Gasteiger partial charge >= 0.3 is 0 Å². The van der Waals surface area contributed by atoms with Crippen LogP contribution in [0.5, 0.6) is 0 Å². The molecule has 3 heterocycles. The Morgan fingerprint density at radius 3 is 2.96 bits per heavy atom. The van der Waals surface area contributed by atoms with Crippen LogP contribution in [0.4, 0.5) is 0 Å². The van der Waals surface area contributed by atoms with Crippen molar-refractivity contribution in [3.8, 4) is 5.69 Å². The van der Waals surface area contributed by atoms with Gasteiger partial charge in [0.2, 0.25) is 0 Å². The summed E-state index contributed by atoms with van der Waals surface area (Å²) in [4.78, 5) is 14.3. The molecular formula is C18H20Cl2N4OS. The van der Waals surface area contributed by atoms with E-state index in [0.29, 0.717) is 9.90 Å². The largest absolute Gasteiger partial charge is 0.347 e. The zero-order valence-corrected chi connectivity index (χ0v) is 16.7. The fourth-order valence-corrected chi connectivity index (χ4v) is 4.47. The number of amides is 1. The molecule has 8 heteroatoms. The first kappa shape index (κ1) is 19.2. The lowest BCUT2D eigenvalue weighted by molar-refractivity contribution is 0.0935. The molecule has 1 saturated heterocycles. The van der Waals surface area contributed by atoms with E-state index in [-0.39, 0.29) is 24.4 Å². The van der Waals surface area contributed by atoms with Crippen LogP contribution in [0, 0.1) is 6.92 Å². The Morgan fingerprint density at radius 1 is 1.42 bits per heavy atom. The van der Waals surface area contributed by atoms with Crippen molar-refractivity contribution < 1.29 is 4.79 Å². The Morgan fingerprint density at radius 2 is 2.23 bits per heavy atom. The summed E-state index contributed by atoms with van der Waals surface area (Å²) < 4.78 is 1.83. The molecule has 26 heavy (non-hydrogen) atoms. The van der Waals surface area contributed by atoms with E-state index < -0.39 is 0 Å². The minimum Gasteiger partial charge on any atom is -0.347 e. The van der Waals surface area contributed by atoms with Crippen LogP contribution in [0.1, 0.15) is 28.2 Å². The lowest BCUT2D eigenvalue weighted by Gasteiger charge is -2.23. The van der Waals surface area contributed by atoms with Crippen LogP contribution in [-0.2, 0) is 0 Å². The lowest BCUT2D eigenvalue weighted by Crippen LogP contribution is -2.45. The van der Waals surface area contributed by atoms with Crippen LogP contribution in [0.15, 0.2) is 30.3 Å². The maximum Gasteiger partial charge on any atom is 0.261 e. The fraction of sp³-hybridized carbons (Fsp3) is 0.333. The van der Waals surface area contributed by atoms with Gasteiger partial charge in [0.05, 0.1) is 21.3 Å². The molecule has 0 bridgehead atoms. The van der Waals surface area contributed by atoms with Gasteiger partial charge < -0.3 is 10.6 Å². The number of para-hydroxylation sites is 1. The predicted octanol–water partition coefficient (Wildman–Crippen LogP) is 3.95. The maximum atomic E-state index is 12.6. The van der Waals surface area contributed by atoms with Gasteiger partial charge in [-0.1, -0.05) is 23.7 Å². The third-order valence-electron chi connectivity index (χ3n) is 4.48. The molecule has 0 radical (unpaired) electrons. The molecule has 2 aromatic heterocycles. The second-order valence-corrected chi connectivity index (χ2v) is 7.73. The first-order valence-electron chi connectivity index (χ1n) is 8.39. The summed E-state index contributed by atoms with van der Waals surface area (Å²) in [7, 11) is 0. The Balaban J connectivity index is 0.00000196. The highest BCUT2D eigenvalue weighted by molar-refractivity contribution is 7.20. The third-order valence-corrected chi connectivity index (χ3v) is 5.91. The topological polar surface area (TPSA) is 59.0 Å². The zero-order valence-electron chi connectivity index (χ0n) is 14.3. The Hall–Kier alpha value is -1.60. The normalized spacial score (nSPS) is 17.1. The van der Waals surface area contributed by atoms with Gasteiger partial charge in [-0.05, 0) is 44.5 Å². The van der Waals surface area contributed by atoms with Crippen molar-refractivity contribution in [1.29, 1.82) is 0 Å². The molecule has 1 unspecified atom stereocenters. The number of hydrogen-bond donors (Lipinski definition) is 2. The molecule has 138 valence electrons. The predicted molar refractivity (Wildman–Crippen MR) is 109 cm³/mol. The van der Waals surface area contributed by atoms with Gasteiger partial charge in [0, 0.05) is 18.0 Å². The number of benzene rings is 1. The van der Waals surface area contributed by atoms with Crippen LogP contribution < -0.4 is 10.6 Å². The van der Waals surface area contributed by atoms with E-state index in [0.717, 1.165) is 47.5 Å². The highest BCUT2D eigenvalue weighted by Crippen LogP contribution is 2.32. The number of halogens is 2. The SMILES string of the molecule is Cc1nn(-c2ccccc2Cl)c2sc(C(=O)NC3CCCNC3)cc12.Cl. The maximum absolute atomic E-state index is 12.6. The second kappa shape index (κ2) is 7.96. The smallest absolute Gasteiger partial charge is 0.261 e. The number of thiophene rings is 1. The molecular weight excluding hydrogens is 391 g/mol. The molecule has 1 aliphatic rings. The Labute approximate surface area is 167 Å². The molecule has 0 aliphatic carbocycles. The monoisotopic (exact) mass is 410 g/mol. The number of fused-ring (bicyclic) bond motifs is 1. The van der Waals surface area contributed by atoms with E-state index in [1.807, 2.05) is 41.9 Å². The molecule has 5 nitrogen and oxygen atoms in total. The van der Waals surface area contributed by atoms with Gasteiger partial charge in [-0.2, -0.15) is 5.10 Å². The van der Waals surface area contributed by atoms with Gasteiger partial charge in [-0.3, -0.25) is 4.79 Å². The molecule has 4 rings (SSSR count). The third kappa shape index (κ3) is 3.60. The minimum atomic E-state index is -0.0139. The van der Waals surface area contributed by atoms with E-state index in [1.165, 1.54) is 11.3 Å². The number of carbonyl (C=O) groups is 1.